The number of benzene rings is 1. The fraction of sp³-hybridized carbons (Fsp3) is 0.368. The summed E-state index contributed by atoms with van der Waals surface area (Å²) in [5.41, 5.74) is 4.77. The van der Waals surface area contributed by atoms with Gasteiger partial charge >= 0.3 is 0 Å². The van der Waals surface area contributed by atoms with Gasteiger partial charge in [-0.2, -0.15) is 0 Å². The van der Waals surface area contributed by atoms with Crippen molar-refractivity contribution in [1.82, 2.24) is 19.4 Å². The second-order valence-corrected chi connectivity index (χ2v) is 6.53. The number of H-pyrrole nitrogens is 1. The van der Waals surface area contributed by atoms with Crippen molar-refractivity contribution >= 4 is 16.8 Å². The predicted molar refractivity (Wildman–Crippen MR) is 93.6 cm³/mol. The van der Waals surface area contributed by atoms with Crippen LogP contribution >= 0.6 is 0 Å². The zero-order valence-corrected chi connectivity index (χ0v) is 14.0. The Kier molecular flexibility index (Phi) is 3.84. The van der Waals surface area contributed by atoms with Crippen LogP contribution in [-0.4, -0.2) is 31.9 Å². The SMILES string of the molecule is Cn1cc(CCCC(=O)N2CCc3nc[nH]c3C2)c2ccccc21. The van der Waals surface area contributed by atoms with Gasteiger partial charge in [0.1, 0.15) is 0 Å². The third kappa shape index (κ3) is 2.70. The summed E-state index contributed by atoms with van der Waals surface area (Å²) < 4.78 is 2.16. The molecule has 1 N–H and O–H groups in total. The average Bonchev–Trinajstić information content (AvgIpc) is 3.19. The smallest absolute Gasteiger partial charge is 0.222 e. The largest absolute Gasteiger partial charge is 0.350 e. The summed E-state index contributed by atoms with van der Waals surface area (Å²) in [5.74, 6) is 0.246. The highest BCUT2D eigenvalue weighted by Crippen LogP contribution is 2.22. The van der Waals surface area contributed by atoms with Crippen LogP contribution in [0.25, 0.3) is 10.9 Å². The van der Waals surface area contributed by atoms with E-state index in [1.54, 1.807) is 6.33 Å². The average molecular weight is 322 g/mol. The Morgan fingerprint density at radius 2 is 2.21 bits per heavy atom. The van der Waals surface area contributed by atoms with Crippen LogP contribution < -0.4 is 0 Å². The lowest BCUT2D eigenvalue weighted by Gasteiger charge is -2.26. The fourth-order valence-corrected chi connectivity index (χ4v) is 3.64. The summed E-state index contributed by atoms with van der Waals surface area (Å²) in [5, 5.41) is 1.30. The van der Waals surface area contributed by atoms with Gasteiger partial charge in [0.2, 0.25) is 5.91 Å². The maximum absolute atomic E-state index is 12.5. The van der Waals surface area contributed by atoms with Crippen molar-refractivity contribution in [2.45, 2.75) is 32.2 Å². The quantitative estimate of drug-likeness (QED) is 0.803. The first kappa shape index (κ1) is 15.0. The van der Waals surface area contributed by atoms with E-state index < -0.39 is 0 Å². The van der Waals surface area contributed by atoms with E-state index in [4.69, 9.17) is 0 Å². The van der Waals surface area contributed by atoms with E-state index in [2.05, 4.69) is 52.0 Å². The zero-order valence-electron chi connectivity index (χ0n) is 14.0. The van der Waals surface area contributed by atoms with Gasteiger partial charge in [0.15, 0.2) is 0 Å². The van der Waals surface area contributed by atoms with E-state index in [9.17, 15) is 4.79 Å². The lowest BCUT2D eigenvalue weighted by molar-refractivity contribution is -0.132. The highest BCUT2D eigenvalue weighted by molar-refractivity contribution is 5.84. The van der Waals surface area contributed by atoms with E-state index >= 15 is 0 Å². The normalized spacial score (nSPS) is 14.1. The van der Waals surface area contributed by atoms with Gasteiger partial charge in [-0.15, -0.1) is 0 Å². The third-order valence-corrected chi connectivity index (χ3v) is 4.94. The molecule has 1 aromatic carbocycles. The molecule has 2 aromatic heterocycles. The highest BCUT2D eigenvalue weighted by Gasteiger charge is 2.21. The van der Waals surface area contributed by atoms with Crippen molar-refractivity contribution in [3.05, 3.63) is 53.7 Å². The molecule has 0 saturated carbocycles. The van der Waals surface area contributed by atoms with Crippen LogP contribution in [0.3, 0.4) is 0 Å². The van der Waals surface area contributed by atoms with Crippen molar-refractivity contribution in [3.63, 3.8) is 0 Å². The summed E-state index contributed by atoms with van der Waals surface area (Å²) in [7, 11) is 2.08. The van der Waals surface area contributed by atoms with Gasteiger partial charge in [-0.25, -0.2) is 4.98 Å². The zero-order chi connectivity index (χ0) is 16.5. The molecule has 1 aliphatic heterocycles. The number of nitrogens with one attached hydrogen (secondary N) is 1. The molecule has 0 unspecified atom stereocenters. The molecule has 0 spiro atoms. The van der Waals surface area contributed by atoms with Crippen LogP contribution in [0, 0.1) is 0 Å². The summed E-state index contributed by atoms with van der Waals surface area (Å²) >= 11 is 0. The van der Waals surface area contributed by atoms with E-state index in [0.29, 0.717) is 13.0 Å². The Morgan fingerprint density at radius 1 is 1.33 bits per heavy atom. The number of carbonyl (C=O) groups excluding carboxylic acids is 1. The molecule has 5 heteroatoms. The second kappa shape index (κ2) is 6.15. The summed E-state index contributed by atoms with van der Waals surface area (Å²) in [6.45, 7) is 1.45. The maximum Gasteiger partial charge on any atom is 0.222 e. The summed E-state index contributed by atoms with van der Waals surface area (Å²) in [4.78, 5) is 21.9. The number of imidazole rings is 1. The number of hydrogen-bond donors (Lipinski definition) is 1. The molecule has 0 atom stereocenters. The van der Waals surface area contributed by atoms with Gasteiger partial charge < -0.3 is 14.5 Å². The molecule has 124 valence electrons. The minimum absolute atomic E-state index is 0.246. The van der Waals surface area contributed by atoms with Crippen LogP contribution in [0.5, 0.6) is 0 Å². The first-order chi connectivity index (χ1) is 11.7. The van der Waals surface area contributed by atoms with Crippen molar-refractivity contribution in [2.24, 2.45) is 7.05 Å². The molecule has 0 fully saturated rings. The number of amides is 1. The Labute approximate surface area is 141 Å². The Hall–Kier alpha value is -2.56. The van der Waals surface area contributed by atoms with Gasteiger partial charge in [0.25, 0.3) is 0 Å². The van der Waals surface area contributed by atoms with E-state index in [1.807, 2.05) is 4.90 Å². The maximum atomic E-state index is 12.5. The number of aromatic nitrogens is 3. The molecule has 1 aliphatic rings. The van der Waals surface area contributed by atoms with E-state index in [0.717, 1.165) is 37.2 Å². The predicted octanol–water partition coefficient (Wildman–Crippen LogP) is 2.81. The number of hydrogen-bond acceptors (Lipinski definition) is 2. The molecule has 24 heavy (non-hydrogen) atoms. The van der Waals surface area contributed by atoms with Crippen LogP contribution in [-0.2, 0) is 31.2 Å². The second-order valence-electron chi connectivity index (χ2n) is 6.53. The molecular weight excluding hydrogens is 300 g/mol. The van der Waals surface area contributed by atoms with Gasteiger partial charge in [-0.3, -0.25) is 4.79 Å². The number of aryl methyl sites for hydroxylation is 2. The number of carbonyl (C=O) groups is 1. The highest BCUT2D eigenvalue weighted by atomic mass is 16.2. The monoisotopic (exact) mass is 322 g/mol. The first-order valence-corrected chi connectivity index (χ1v) is 8.54. The van der Waals surface area contributed by atoms with Crippen LogP contribution in [0.4, 0.5) is 0 Å². The molecule has 0 radical (unpaired) electrons. The molecule has 0 saturated heterocycles. The van der Waals surface area contributed by atoms with Gasteiger partial charge in [0.05, 0.1) is 24.3 Å². The molecule has 0 bridgehead atoms. The Morgan fingerprint density at radius 3 is 3.12 bits per heavy atom. The van der Waals surface area contributed by atoms with Crippen molar-refractivity contribution in [2.75, 3.05) is 6.54 Å². The Balaban J connectivity index is 1.36. The number of para-hydroxylation sites is 1. The number of nitrogens with zero attached hydrogens (tertiary/aromatic N) is 3. The minimum atomic E-state index is 0.246. The van der Waals surface area contributed by atoms with Gasteiger partial charge in [0, 0.05) is 43.5 Å². The fourth-order valence-electron chi connectivity index (χ4n) is 3.64. The molecular formula is C19H22N4O. The van der Waals surface area contributed by atoms with Crippen molar-refractivity contribution in [3.8, 4) is 0 Å². The Bertz CT molecular complexity index is 877. The molecule has 3 heterocycles. The first-order valence-electron chi connectivity index (χ1n) is 8.54. The molecule has 0 aliphatic carbocycles. The van der Waals surface area contributed by atoms with Crippen molar-refractivity contribution < 1.29 is 4.79 Å². The lowest BCUT2D eigenvalue weighted by Crippen LogP contribution is -2.35. The van der Waals surface area contributed by atoms with Crippen LogP contribution in [0.1, 0.15) is 29.8 Å². The van der Waals surface area contributed by atoms with Gasteiger partial charge in [-0.1, -0.05) is 18.2 Å². The van der Waals surface area contributed by atoms with Crippen molar-refractivity contribution in [1.29, 1.82) is 0 Å². The number of rotatable bonds is 4. The lowest BCUT2D eigenvalue weighted by atomic mass is 10.1. The van der Waals surface area contributed by atoms with Gasteiger partial charge in [-0.05, 0) is 24.5 Å². The van der Waals surface area contributed by atoms with Crippen LogP contribution in [0.2, 0.25) is 0 Å². The molecule has 4 rings (SSSR count). The summed E-state index contributed by atoms with van der Waals surface area (Å²) in [6, 6.07) is 8.44. The third-order valence-electron chi connectivity index (χ3n) is 4.94. The number of fused-ring (bicyclic) bond motifs is 2. The van der Waals surface area contributed by atoms with E-state index in [1.165, 1.54) is 16.5 Å². The van der Waals surface area contributed by atoms with E-state index in [-0.39, 0.29) is 5.91 Å². The van der Waals surface area contributed by atoms with Crippen LogP contribution in [0.15, 0.2) is 36.8 Å². The number of aromatic amines is 1. The topological polar surface area (TPSA) is 53.9 Å². The molecule has 5 nitrogen and oxygen atoms in total. The summed E-state index contributed by atoms with van der Waals surface area (Å²) in [6.07, 6.45) is 7.20. The standard InChI is InChI=1S/C19H22N4O/c1-22-11-14(15-6-2-3-7-18(15)22)5-4-8-19(24)23-10-9-16-17(12-23)21-13-20-16/h2-3,6-7,11,13H,4-5,8-10,12H2,1H3,(H,20,21). The molecule has 1 amide bonds. The minimum Gasteiger partial charge on any atom is -0.350 e. The molecule has 3 aromatic rings.